The average Bonchev–Trinajstić information content (AvgIpc) is 2.55. The molecule has 3 nitrogen and oxygen atoms in total. The second-order valence-corrected chi connectivity index (χ2v) is 2.56. The molecule has 4 heteroatoms. The summed E-state index contributed by atoms with van der Waals surface area (Å²) in [4.78, 5) is 0. The lowest BCUT2D eigenvalue weighted by Crippen LogP contribution is -2.03. The van der Waals surface area contributed by atoms with Crippen LogP contribution in [0.4, 0.5) is 0 Å². The van der Waals surface area contributed by atoms with E-state index in [1.54, 1.807) is 18.5 Å². The van der Waals surface area contributed by atoms with Crippen molar-refractivity contribution < 1.29 is 0 Å². The average molecular weight is 167 g/mol. The zero-order chi connectivity index (χ0) is 7.68. The van der Waals surface area contributed by atoms with Gasteiger partial charge in [-0.2, -0.15) is 5.43 Å². The Morgan fingerprint density at radius 2 is 2.36 bits per heavy atom. The molecule has 2 rings (SSSR count). The van der Waals surface area contributed by atoms with Crippen LogP contribution in [0.2, 0.25) is 5.02 Å². The Labute approximate surface area is 69.0 Å². The zero-order valence-electron chi connectivity index (χ0n) is 5.61. The fourth-order valence-corrected chi connectivity index (χ4v) is 1.04. The molecule has 11 heavy (non-hydrogen) atoms. The minimum absolute atomic E-state index is 0.702. The van der Waals surface area contributed by atoms with Crippen molar-refractivity contribution in [3.8, 4) is 0 Å². The van der Waals surface area contributed by atoms with Crippen LogP contribution in [0.3, 0.4) is 0 Å². The Morgan fingerprint density at radius 1 is 1.45 bits per heavy atom. The number of rotatable bonds is 0. The molecule has 0 aromatic carbocycles. The molecule has 1 aliphatic heterocycles. The van der Waals surface area contributed by atoms with Crippen LogP contribution in [-0.4, -0.2) is 10.4 Å². The van der Waals surface area contributed by atoms with Crippen molar-refractivity contribution in [1.82, 2.24) is 9.99 Å². The van der Waals surface area contributed by atoms with Gasteiger partial charge in [0.2, 0.25) is 0 Å². The molecule has 1 aromatic heterocycles. The third kappa shape index (κ3) is 1.14. The monoisotopic (exact) mass is 166 g/mol. The van der Waals surface area contributed by atoms with Gasteiger partial charge in [0.05, 0.1) is 11.2 Å². The van der Waals surface area contributed by atoms with Gasteiger partial charge in [-0.25, -0.2) is 0 Å². The van der Waals surface area contributed by atoms with Crippen LogP contribution >= 0.6 is 11.6 Å². The maximum absolute atomic E-state index is 5.71. The minimum atomic E-state index is 0.702. The molecule has 1 radical (unpaired) electrons. The standard InChI is InChI=1S/C7H5ClN3/c8-6-2-4-11(5-6)7-1-3-9-10-7/h1-5H. The van der Waals surface area contributed by atoms with Crippen molar-refractivity contribution in [3.05, 3.63) is 35.8 Å². The number of hydrogen-bond donors (Lipinski definition) is 0. The first kappa shape index (κ1) is 6.49. The van der Waals surface area contributed by atoms with Gasteiger partial charge in [-0.05, 0) is 6.07 Å². The minimum Gasteiger partial charge on any atom is -0.306 e. The molecule has 0 unspecified atom stereocenters. The first-order chi connectivity index (χ1) is 5.36. The van der Waals surface area contributed by atoms with E-state index in [1.807, 2.05) is 16.8 Å². The van der Waals surface area contributed by atoms with Crippen LogP contribution in [0.25, 0.3) is 0 Å². The summed E-state index contributed by atoms with van der Waals surface area (Å²) in [5.41, 5.74) is 3.69. The van der Waals surface area contributed by atoms with Crippen molar-refractivity contribution in [3.63, 3.8) is 0 Å². The molecule has 0 atom stereocenters. The van der Waals surface area contributed by atoms with Crippen LogP contribution in [0, 0.1) is 0 Å². The predicted molar refractivity (Wildman–Crippen MR) is 43.5 cm³/mol. The van der Waals surface area contributed by atoms with Crippen LogP contribution in [0.5, 0.6) is 0 Å². The summed E-state index contributed by atoms with van der Waals surface area (Å²) in [5.74, 6) is 0.789. The van der Waals surface area contributed by atoms with Gasteiger partial charge in [-0.1, -0.05) is 11.6 Å². The van der Waals surface area contributed by atoms with Crippen molar-refractivity contribution in [2.45, 2.75) is 0 Å². The van der Waals surface area contributed by atoms with Gasteiger partial charge in [0, 0.05) is 18.5 Å². The molecule has 55 valence electrons. The lowest BCUT2D eigenvalue weighted by atomic mass is 10.5. The Balaban J connectivity index is 2.36. The predicted octanol–water partition coefficient (Wildman–Crippen LogP) is 1.43. The van der Waals surface area contributed by atoms with Crippen molar-refractivity contribution in [2.75, 3.05) is 0 Å². The number of aromatic nitrogens is 1. The Morgan fingerprint density at radius 3 is 2.91 bits per heavy atom. The SMILES string of the molecule is Clc1ccn(C2=N[N]C=C2)c1. The molecule has 0 N–H and O–H groups in total. The summed E-state index contributed by atoms with van der Waals surface area (Å²) in [6.07, 6.45) is 7.08. The normalized spacial score (nSPS) is 14.8. The highest BCUT2D eigenvalue weighted by Gasteiger charge is 2.02. The van der Waals surface area contributed by atoms with E-state index in [-0.39, 0.29) is 0 Å². The summed E-state index contributed by atoms with van der Waals surface area (Å²) in [6.45, 7) is 0. The van der Waals surface area contributed by atoms with Crippen molar-refractivity contribution >= 4 is 17.4 Å². The molecular weight excluding hydrogens is 162 g/mol. The Bertz CT molecular complexity index is 324. The largest absolute Gasteiger partial charge is 0.306 e. The van der Waals surface area contributed by atoms with Gasteiger partial charge in [-0.3, -0.25) is 0 Å². The summed E-state index contributed by atoms with van der Waals surface area (Å²) in [5, 5.41) is 4.56. The molecule has 0 saturated heterocycles. The van der Waals surface area contributed by atoms with Gasteiger partial charge in [0.25, 0.3) is 0 Å². The first-order valence-electron chi connectivity index (χ1n) is 3.14. The lowest BCUT2D eigenvalue weighted by Gasteiger charge is -1.94. The van der Waals surface area contributed by atoms with Gasteiger partial charge in [0.15, 0.2) is 5.84 Å². The molecule has 0 bridgehead atoms. The smallest absolute Gasteiger partial charge is 0.160 e. The molecule has 0 saturated carbocycles. The summed E-state index contributed by atoms with van der Waals surface area (Å²) >= 11 is 5.71. The highest BCUT2D eigenvalue weighted by Crippen LogP contribution is 2.08. The van der Waals surface area contributed by atoms with E-state index in [1.165, 1.54) is 0 Å². The van der Waals surface area contributed by atoms with Gasteiger partial charge < -0.3 is 4.57 Å². The maximum Gasteiger partial charge on any atom is 0.160 e. The lowest BCUT2D eigenvalue weighted by molar-refractivity contribution is 0.956. The van der Waals surface area contributed by atoms with E-state index >= 15 is 0 Å². The van der Waals surface area contributed by atoms with E-state index in [0.29, 0.717) is 5.02 Å². The number of halogens is 1. The van der Waals surface area contributed by atoms with Crippen LogP contribution in [-0.2, 0) is 0 Å². The molecule has 0 spiro atoms. The Hall–Kier alpha value is -1.22. The number of allylic oxidation sites excluding steroid dienone is 1. The molecule has 0 aliphatic carbocycles. The fourth-order valence-electron chi connectivity index (χ4n) is 0.876. The summed E-state index contributed by atoms with van der Waals surface area (Å²) in [6, 6.07) is 1.80. The molecule has 0 fully saturated rings. The second kappa shape index (κ2) is 2.43. The van der Waals surface area contributed by atoms with Crippen LogP contribution in [0.1, 0.15) is 0 Å². The summed E-state index contributed by atoms with van der Waals surface area (Å²) < 4.78 is 1.81. The second-order valence-electron chi connectivity index (χ2n) is 2.13. The van der Waals surface area contributed by atoms with Gasteiger partial charge in [-0.15, -0.1) is 5.10 Å². The quantitative estimate of drug-likeness (QED) is 0.559. The molecule has 1 aromatic rings. The molecular formula is C7H5ClN3. The molecule has 0 amide bonds. The highest BCUT2D eigenvalue weighted by molar-refractivity contribution is 6.30. The van der Waals surface area contributed by atoms with Crippen molar-refractivity contribution in [2.24, 2.45) is 5.10 Å². The van der Waals surface area contributed by atoms with Crippen LogP contribution < -0.4 is 5.43 Å². The topological polar surface area (TPSA) is 31.4 Å². The van der Waals surface area contributed by atoms with E-state index in [2.05, 4.69) is 10.5 Å². The van der Waals surface area contributed by atoms with E-state index in [9.17, 15) is 0 Å². The third-order valence-electron chi connectivity index (χ3n) is 1.37. The van der Waals surface area contributed by atoms with Crippen LogP contribution in [0.15, 0.2) is 35.8 Å². The van der Waals surface area contributed by atoms with Gasteiger partial charge in [0.1, 0.15) is 0 Å². The number of nitrogens with zero attached hydrogens (tertiary/aromatic N) is 3. The van der Waals surface area contributed by atoms with E-state index < -0.39 is 0 Å². The molecule has 1 aliphatic rings. The van der Waals surface area contributed by atoms with E-state index in [0.717, 1.165) is 5.84 Å². The maximum atomic E-state index is 5.71. The van der Waals surface area contributed by atoms with E-state index in [4.69, 9.17) is 11.6 Å². The van der Waals surface area contributed by atoms with Crippen molar-refractivity contribution in [1.29, 1.82) is 0 Å². The van der Waals surface area contributed by atoms with Gasteiger partial charge >= 0.3 is 0 Å². The third-order valence-corrected chi connectivity index (χ3v) is 1.60. The number of hydrogen-bond acceptors (Lipinski definition) is 1. The first-order valence-corrected chi connectivity index (χ1v) is 3.52. The Kier molecular flexibility index (Phi) is 1.43. The summed E-state index contributed by atoms with van der Waals surface area (Å²) in [7, 11) is 0. The zero-order valence-corrected chi connectivity index (χ0v) is 6.36. The molecule has 2 heterocycles. The fraction of sp³-hybridized carbons (Fsp3) is 0. The highest BCUT2D eigenvalue weighted by atomic mass is 35.5.